The van der Waals surface area contributed by atoms with Crippen LogP contribution in [0.4, 0.5) is 0 Å². The molecule has 1 atom stereocenters. The zero-order valence-corrected chi connectivity index (χ0v) is 22.5. The third-order valence-electron chi connectivity index (χ3n) is 7.38. The molecule has 2 aromatic carbocycles. The van der Waals surface area contributed by atoms with E-state index in [9.17, 15) is 14.4 Å². The van der Waals surface area contributed by atoms with Gasteiger partial charge in [-0.3, -0.25) is 4.79 Å². The van der Waals surface area contributed by atoms with Crippen LogP contribution in [0.1, 0.15) is 52.9 Å². The first kappa shape index (κ1) is 23.8. The van der Waals surface area contributed by atoms with E-state index in [-0.39, 0.29) is 18.6 Å². The first-order valence-corrected chi connectivity index (χ1v) is 13.3. The number of pyridine rings is 2. The Morgan fingerprint density at radius 2 is 1.86 bits per heavy atom. The lowest BCUT2D eigenvalue weighted by Gasteiger charge is -2.35. The van der Waals surface area contributed by atoms with Gasteiger partial charge in [0, 0.05) is 20.1 Å². The normalized spacial score (nSPS) is 17.6. The second-order valence-corrected chi connectivity index (χ2v) is 10.5. The highest BCUT2D eigenvalue weighted by Crippen LogP contribution is 2.42. The van der Waals surface area contributed by atoms with Crippen LogP contribution in [0.5, 0.6) is 0 Å². The number of esters is 2. The van der Waals surface area contributed by atoms with E-state index < -0.39 is 17.5 Å². The average molecular weight is 606 g/mol. The fourth-order valence-corrected chi connectivity index (χ4v) is 5.84. The number of benzene rings is 2. The summed E-state index contributed by atoms with van der Waals surface area (Å²) in [6.45, 7) is 4.07. The predicted octanol–water partition coefficient (Wildman–Crippen LogP) is 5.11. The molecule has 4 heterocycles. The van der Waals surface area contributed by atoms with Gasteiger partial charge in [-0.05, 0) is 77.4 Å². The maximum atomic E-state index is 13.8. The molecule has 37 heavy (non-hydrogen) atoms. The number of para-hydroxylation sites is 1. The lowest BCUT2D eigenvalue weighted by Crippen LogP contribution is -2.47. The molecule has 0 N–H and O–H groups in total. The van der Waals surface area contributed by atoms with E-state index in [4.69, 9.17) is 14.5 Å². The Morgan fingerprint density at radius 1 is 1.11 bits per heavy atom. The van der Waals surface area contributed by atoms with E-state index in [0.717, 1.165) is 37.7 Å². The van der Waals surface area contributed by atoms with Crippen LogP contribution < -0.4 is 5.56 Å². The van der Waals surface area contributed by atoms with E-state index in [1.54, 1.807) is 41.8 Å². The van der Waals surface area contributed by atoms with Gasteiger partial charge >= 0.3 is 11.9 Å². The highest BCUT2D eigenvalue weighted by Gasteiger charge is 2.50. The maximum Gasteiger partial charge on any atom is 0.355 e. The van der Waals surface area contributed by atoms with E-state index in [1.807, 2.05) is 18.2 Å². The molecule has 2 aliphatic rings. The van der Waals surface area contributed by atoms with Crippen LogP contribution in [-0.2, 0) is 39.4 Å². The topological polar surface area (TPSA) is 87.5 Å². The summed E-state index contributed by atoms with van der Waals surface area (Å²) in [5.74, 6) is -1.33. The van der Waals surface area contributed by atoms with Crippen LogP contribution in [0.15, 0.2) is 59.4 Å². The van der Waals surface area contributed by atoms with Gasteiger partial charge in [0.2, 0.25) is 5.60 Å². The molecule has 7 nitrogen and oxygen atoms in total. The van der Waals surface area contributed by atoms with Gasteiger partial charge in [0.15, 0.2) is 0 Å². The summed E-state index contributed by atoms with van der Waals surface area (Å²) >= 11 is 2.15. The minimum Gasteiger partial charge on any atom is -0.457 e. The second kappa shape index (κ2) is 8.79. The van der Waals surface area contributed by atoms with E-state index in [1.165, 1.54) is 0 Å². The molecule has 6 rings (SSSR count). The van der Waals surface area contributed by atoms with Crippen molar-refractivity contribution in [2.45, 2.75) is 45.4 Å². The number of halogens is 1. The molecule has 2 aromatic heterocycles. The van der Waals surface area contributed by atoms with Gasteiger partial charge in [0.05, 0.1) is 34.6 Å². The molecular weight excluding hydrogens is 583 g/mol. The number of carbonyl (C=O) groups excluding carboxylic acids is 2. The zero-order valence-electron chi connectivity index (χ0n) is 20.3. The Bertz CT molecular complexity index is 1680. The fourth-order valence-electron chi connectivity index (χ4n) is 5.48. The molecule has 4 aromatic rings. The molecule has 2 aliphatic heterocycles. The Hall–Kier alpha value is -3.53. The van der Waals surface area contributed by atoms with Gasteiger partial charge in [-0.25, -0.2) is 14.6 Å². The number of cyclic esters (lactones) is 1. The van der Waals surface area contributed by atoms with Gasteiger partial charge in [-0.15, -0.1) is 0 Å². The monoisotopic (exact) mass is 606 g/mol. The van der Waals surface area contributed by atoms with Crippen molar-refractivity contribution >= 4 is 45.4 Å². The molecule has 0 amide bonds. The van der Waals surface area contributed by atoms with E-state index >= 15 is 0 Å². The fraction of sp³-hybridized carbons (Fsp3) is 0.241. The quantitative estimate of drug-likeness (QED) is 0.209. The zero-order chi connectivity index (χ0) is 25.9. The SMILES string of the molecule is CCc1c2c(nc3ccccc13)-c1cc3c(c(=O)n1C2)COC(=O)[C@@]3(CC)OC(=O)c1ccc(I)cc1. The van der Waals surface area contributed by atoms with Crippen LogP contribution in [0.2, 0.25) is 0 Å². The number of carbonyl (C=O) groups is 2. The summed E-state index contributed by atoms with van der Waals surface area (Å²) < 4.78 is 14.0. The summed E-state index contributed by atoms with van der Waals surface area (Å²) in [4.78, 5) is 45.1. The number of aromatic nitrogens is 2. The van der Waals surface area contributed by atoms with Crippen LogP contribution in [0, 0.1) is 3.57 Å². The number of hydrogen-bond donors (Lipinski definition) is 0. The summed E-state index contributed by atoms with van der Waals surface area (Å²) in [5.41, 5.74) is 3.40. The number of hydrogen-bond acceptors (Lipinski definition) is 6. The Morgan fingerprint density at radius 3 is 2.59 bits per heavy atom. The number of aryl methyl sites for hydroxylation is 1. The number of fused-ring (bicyclic) bond motifs is 5. The Labute approximate surface area is 226 Å². The highest BCUT2D eigenvalue weighted by atomic mass is 127. The summed E-state index contributed by atoms with van der Waals surface area (Å²) in [7, 11) is 0. The minimum absolute atomic E-state index is 0.121. The molecule has 0 spiro atoms. The van der Waals surface area contributed by atoms with Gasteiger partial charge in [0.25, 0.3) is 5.56 Å². The van der Waals surface area contributed by atoms with Gasteiger partial charge in [0.1, 0.15) is 6.61 Å². The molecule has 0 bridgehead atoms. The Balaban J connectivity index is 1.55. The van der Waals surface area contributed by atoms with Crippen molar-refractivity contribution in [3.8, 4) is 11.4 Å². The van der Waals surface area contributed by atoms with Crippen molar-refractivity contribution in [2.75, 3.05) is 0 Å². The molecule has 0 radical (unpaired) electrons. The number of nitrogens with zero attached hydrogens (tertiary/aromatic N) is 2. The summed E-state index contributed by atoms with van der Waals surface area (Å²) in [6.07, 6.45) is 0.915. The average Bonchev–Trinajstić information content (AvgIpc) is 3.28. The lowest BCUT2D eigenvalue weighted by atomic mass is 9.85. The molecule has 0 unspecified atom stereocenters. The van der Waals surface area contributed by atoms with Crippen molar-refractivity contribution in [3.05, 3.63) is 96.3 Å². The smallest absolute Gasteiger partial charge is 0.355 e. The minimum atomic E-state index is -1.73. The largest absolute Gasteiger partial charge is 0.457 e. The van der Waals surface area contributed by atoms with Crippen LogP contribution in [-0.4, -0.2) is 21.5 Å². The van der Waals surface area contributed by atoms with Crippen molar-refractivity contribution in [3.63, 3.8) is 0 Å². The Kier molecular flexibility index (Phi) is 5.67. The van der Waals surface area contributed by atoms with Gasteiger partial charge in [-0.1, -0.05) is 32.0 Å². The van der Waals surface area contributed by atoms with E-state index in [2.05, 4.69) is 35.6 Å². The van der Waals surface area contributed by atoms with Gasteiger partial charge < -0.3 is 14.0 Å². The molecular formula is C29H23IN2O5. The van der Waals surface area contributed by atoms with Crippen LogP contribution in [0.25, 0.3) is 22.3 Å². The first-order chi connectivity index (χ1) is 17.9. The van der Waals surface area contributed by atoms with E-state index in [0.29, 0.717) is 28.9 Å². The van der Waals surface area contributed by atoms with Crippen molar-refractivity contribution in [1.29, 1.82) is 0 Å². The summed E-state index contributed by atoms with van der Waals surface area (Å²) in [5, 5.41) is 1.07. The highest BCUT2D eigenvalue weighted by molar-refractivity contribution is 14.1. The molecule has 0 aliphatic carbocycles. The van der Waals surface area contributed by atoms with Crippen LogP contribution >= 0.6 is 22.6 Å². The standard InChI is InChI=1S/C29H23IN2O5/c1-3-18-19-7-5-6-8-23(19)31-25-20(18)14-32-24(25)13-22-21(26(32)33)15-36-28(35)29(22,4-2)37-27(34)16-9-11-17(30)12-10-16/h5-13H,3-4,14-15H2,1-2H3/t29-/m0/s1. The second-order valence-electron chi connectivity index (χ2n) is 9.25. The molecule has 186 valence electrons. The van der Waals surface area contributed by atoms with Crippen molar-refractivity contribution in [1.82, 2.24) is 9.55 Å². The van der Waals surface area contributed by atoms with Crippen molar-refractivity contribution < 1.29 is 19.1 Å². The number of ether oxygens (including phenoxy) is 2. The van der Waals surface area contributed by atoms with Crippen molar-refractivity contribution in [2.24, 2.45) is 0 Å². The van der Waals surface area contributed by atoms with Crippen LogP contribution in [0.3, 0.4) is 0 Å². The molecule has 0 fully saturated rings. The molecule has 0 saturated carbocycles. The molecule has 8 heteroatoms. The predicted molar refractivity (Wildman–Crippen MR) is 146 cm³/mol. The third kappa shape index (κ3) is 3.53. The summed E-state index contributed by atoms with van der Waals surface area (Å²) in [6, 6.07) is 16.6. The lowest BCUT2D eigenvalue weighted by molar-refractivity contribution is -0.173. The van der Waals surface area contributed by atoms with Gasteiger partial charge in [-0.2, -0.15) is 0 Å². The molecule has 0 saturated heterocycles. The maximum absolute atomic E-state index is 13.8. The first-order valence-electron chi connectivity index (χ1n) is 12.2. The number of rotatable bonds is 4. The third-order valence-corrected chi connectivity index (χ3v) is 8.10.